The number of fused-ring (bicyclic) bond motifs is 1. The summed E-state index contributed by atoms with van der Waals surface area (Å²) in [5.41, 5.74) is 2.20. The van der Waals surface area contributed by atoms with E-state index < -0.39 is 10.0 Å². The van der Waals surface area contributed by atoms with E-state index in [4.69, 9.17) is 11.6 Å². The molecule has 0 aliphatic heterocycles. The Kier molecular flexibility index (Phi) is 6.40. The molecule has 1 aromatic carbocycles. The summed E-state index contributed by atoms with van der Waals surface area (Å²) in [5, 5.41) is 10.0. The van der Waals surface area contributed by atoms with Crippen molar-refractivity contribution in [2.45, 2.75) is 10.6 Å². The lowest BCUT2D eigenvalue weighted by Gasteiger charge is -2.12. The molecule has 0 bridgehead atoms. The van der Waals surface area contributed by atoms with Crippen LogP contribution in [0.3, 0.4) is 0 Å². The first-order chi connectivity index (χ1) is 14.5. The Morgan fingerprint density at radius 2 is 2.00 bits per heavy atom. The third-order valence-electron chi connectivity index (χ3n) is 4.29. The van der Waals surface area contributed by atoms with E-state index in [1.807, 2.05) is 30.3 Å². The monoisotopic (exact) mass is 525 g/mol. The van der Waals surface area contributed by atoms with Crippen LogP contribution in [0, 0.1) is 0 Å². The Bertz CT molecular complexity index is 1280. The molecule has 0 fully saturated rings. The van der Waals surface area contributed by atoms with E-state index in [1.165, 1.54) is 11.3 Å². The van der Waals surface area contributed by atoms with Crippen molar-refractivity contribution in [2.75, 3.05) is 18.4 Å². The fraction of sp³-hybridized carbons (Fsp3) is 0.158. The molecule has 11 heteroatoms. The van der Waals surface area contributed by atoms with Gasteiger partial charge in [-0.25, -0.2) is 18.1 Å². The van der Waals surface area contributed by atoms with Crippen molar-refractivity contribution in [1.29, 1.82) is 0 Å². The average Bonchev–Trinajstić information content (AvgIpc) is 3.39. The minimum atomic E-state index is -3.45. The summed E-state index contributed by atoms with van der Waals surface area (Å²) < 4.78 is 29.7. The van der Waals surface area contributed by atoms with Crippen LogP contribution in [-0.2, 0) is 10.0 Å². The van der Waals surface area contributed by atoms with Crippen molar-refractivity contribution in [2.24, 2.45) is 0 Å². The second-order valence-corrected chi connectivity index (χ2v) is 10.5. The number of hydrogen-bond acceptors (Lipinski definition) is 6. The van der Waals surface area contributed by atoms with Gasteiger partial charge in [0.05, 0.1) is 16.4 Å². The van der Waals surface area contributed by atoms with Crippen LogP contribution in [0.4, 0.5) is 5.82 Å². The Hall–Kier alpha value is -1.98. The third kappa shape index (κ3) is 4.52. The second-order valence-electron chi connectivity index (χ2n) is 6.34. The van der Waals surface area contributed by atoms with E-state index in [-0.39, 0.29) is 0 Å². The molecule has 30 heavy (non-hydrogen) atoms. The van der Waals surface area contributed by atoms with Gasteiger partial charge in [0.2, 0.25) is 10.0 Å². The molecule has 0 amide bonds. The van der Waals surface area contributed by atoms with Crippen molar-refractivity contribution in [3.05, 3.63) is 63.5 Å². The summed E-state index contributed by atoms with van der Waals surface area (Å²) in [7, 11) is -3.45. The lowest BCUT2D eigenvalue weighted by molar-refractivity contribution is 0.582. The molecule has 0 spiro atoms. The second kappa shape index (κ2) is 9.03. The van der Waals surface area contributed by atoms with Crippen LogP contribution in [0.15, 0.2) is 62.7 Å². The normalized spacial score (nSPS) is 11.8. The van der Waals surface area contributed by atoms with Crippen LogP contribution in [0.25, 0.3) is 16.9 Å². The van der Waals surface area contributed by atoms with Crippen molar-refractivity contribution in [1.82, 2.24) is 19.3 Å². The van der Waals surface area contributed by atoms with Crippen LogP contribution in [0.5, 0.6) is 0 Å². The first kappa shape index (κ1) is 21.3. The van der Waals surface area contributed by atoms with Gasteiger partial charge in [0.1, 0.15) is 10.0 Å². The van der Waals surface area contributed by atoms with Gasteiger partial charge in [0.25, 0.3) is 0 Å². The molecular formula is C19H17BrClN5O2S2. The summed E-state index contributed by atoms with van der Waals surface area (Å²) in [6.07, 6.45) is 2.28. The fourth-order valence-corrected chi connectivity index (χ4v) is 5.56. The summed E-state index contributed by atoms with van der Waals surface area (Å²) in [6.45, 7) is 0.868. The van der Waals surface area contributed by atoms with Crippen LogP contribution in [-0.4, -0.2) is 36.1 Å². The molecule has 0 saturated carbocycles. The predicted octanol–water partition coefficient (Wildman–Crippen LogP) is 4.65. The van der Waals surface area contributed by atoms with Crippen LogP contribution in [0.1, 0.15) is 6.42 Å². The minimum absolute atomic E-state index is 0.317. The van der Waals surface area contributed by atoms with Gasteiger partial charge in [-0.2, -0.15) is 9.61 Å². The van der Waals surface area contributed by atoms with Crippen molar-refractivity contribution in [3.8, 4) is 11.3 Å². The number of aromatic nitrogens is 3. The lowest BCUT2D eigenvalue weighted by Crippen LogP contribution is -2.25. The number of sulfonamides is 1. The molecule has 3 aromatic heterocycles. The van der Waals surface area contributed by atoms with E-state index in [1.54, 1.807) is 28.2 Å². The van der Waals surface area contributed by atoms with Gasteiger partial charge in [0, 0.05) is 29.7 Å². The molecule has 0 aliphatic rings. The maximum atomic E-state index is 12.2. The molecule has 0 aliphatic carbocycles. The Labute approximate surface area is 191 Å². The van der Waals surface area contributed by atoms with Crippen LogP contribution >= 0.6 is 38.9 Å². The van der Waals surface area contributed by atoms with Gasteiger partial charge >= 0.3 is 0 Å². The zero-order valence-electron chi connectivity index (χ0n) is 15.5. The van der Waals surface area contributed by atoms with Gasteiger partial charge in [-0.1, -0.05) is 35.9 Å². The summed E-state index contributed by atoms with van der Waals surface area (Å²) in [5.74, 6) is 0.738. The standard InChI is InChI=1S/C19H17BrClN5O2S2/c20-14-12-23-26-17(11-16(25-19(14)26)13-5-1-2-6-15(13)21)22-8-4-9-24-30(27,28)18-7-3-10-29-18/h1-3,5-7,10-12,22,24H,4,8-9H2. The van der Waals surface area contributed by atoms with Gasteiger partial charge in [-0.15, -0.1) is 11.3 Å². The zero-order valence-corrected chi connectivity index (χ0v) is 19.5. The maximum absolute atomic E-state index is 12.2. The molecular weight excluding hydrogens is 510 g/mol. The number of thiophene rings is 1. The van der Waals surface area contributed by atoms with E-state index >= 15 is 0 Å². The highest BCUT2D eigenvalue weighted by molar-refractivity contribution is 9.10. The largest absolute Gasteiger partial charge is 0.370 e. The molecule has 4 rings (SSSR count). The first-order valence-corrected chi connectivity index (χ1v) is 12.6. The highest BCUT2D eigenvalue weighted by atomic mass is 79.9. The SMILES string of the molecule is O=S(=O)(NCCCNc1cc(-c2ccccc2Cl)nc2c(Br)cnn12)c1cccs1. The smallest absolute Gasteiger partial charge is 0.250 e. The third-order valence-corrected chi connectivity index (χ3v) is 8.04. The maximum Gasteiger partial charge on any atom is 0.250 e. The van der Waals surface area contributed by atoms with Gasteiger partial charge in [-0.3, -0.25) is 0 Å². The van der Waals surface area contributed by atoms with Gasteiger partial charge < -0.3 is 5.32 Å². The van der Waals surface area contributed by atoms with Crippen molar-refractivity contribution >= 4 is 60.4 Å². The van der Waals surface area contributed by atoms with Gasteiger partial charge in [0.15, 0.2) is 5.65 Å². The molecule has 4 aromatic rings. The lowest BCUT2D eigenvalue weighted by atomic mass is 10.1. The topological polar surface area (TPSA) is 88.4 Å². The molecule has 0 radical (unpaired) electrons. The van der Waals surface area contributed by atoms with Crippen molar-refractivity contribution in [3.63, 3.8) is 0 Å². The molecule has 156 valence electrons. The summed E-state index contributed by atoms with van der Waals surface area (Å²) in [4.78, 5) is 4.67. The number of nitrogens with one attached hydrogen (secondary N) is 2. The number of nitrogens with zero attached hydrogens (tertiary/aromatic N) is 3. The van der Waals surface area contributed by atoms with E-state index in [2.05, 4.69) is 36.1 Å². The number of anilines is 1. The molecule has 2 N–H and O–H groups in total. The molecule has 0 saturated heterocycles. The quantitative estimate of drug-likeness (QED) is 0.326. The number of hydrogen-bond donors (Lipinski definition) is 2. The molecule has 0 atom stereocenters. The summed E-state index contributed by atoms with van der Waals surface area (Å²) >= 11 is 11.0. The van der Waals surface area contributed by atoms with Crippen LogP contribution in [0.2, 0.25) is 5.02 Å². The van der Waals surface area contributed by atoms with Gasteiger partial charge in [-0.05, 0) is 39.9 Å². The number of benzene rings is 1. The fourth-order valence-electron chi connectivity index (χ4n) is 2.87. The summed E-state index contributed by atoms with van der Waals surface area (Å²) in [6, 6.07) is 12.7. The molecule has 0 unspecified atom stereocenters. The molecule has 7 nitrogen and oxygen atoms in total. The van der Waals surface area contributed by atoms with E-state index in [0.29, 0.717) is 34.4 Å². The predicted molar refractivity (Wildman–Crippen MR) is 124 cm³/mol. The highest BCUT2D eigenvalue weighted by Crippen LogP contribution is 2.30. The average molecular weight is 527 g/mol. The highest BCUT2D eigenvalue weighted by Gasteiger charge is 2.15. The van der Waals surface area contributed by atoms with E-state index in [0.717, 1.165) is 21.5 Å². The van der Waals surface area contributed by atoms with Crippen molar-refractivity contribution < 1.29 is 8.42 Å². The van der Waals surface area contributed by atoms with Crippen LogP contribution < -0.4 is 10.0 Å². The Morgan fingerprint density at radius 3 is 2.77 bits per heavy atom. The van der Waals surface area contributed by atoms with E-state index in [9.17, 15) is 8.42 Å². The number of rotatable bonds is 8. The first-order valence-electron chi connectivity index (χ1n) is 9.02. The molecule has 3 heterocycles. The Morgan fingerprint density at radius 1 is 1.17 bits per heavy atom. The number of halogens is 2. The Balaban J connectivity index is 1.48. The zero-order chi connectivity index (χ0) is 21.1. The minimum Gasteiger partial charge on any atom is -0.370 e.